The van der Waals surface area contributed by atoms with Crippen LogP contribution in [0, 0.1) is 11.3 Å². The van der Waals surface area contributed by atoms with Crippen molar-refractivity contribution in [3.05, 3.63) is 29.3 Å². The van der Waals surface area contributed by atoms with Gasteiger partial charge in [-0.05, 0) is 12.1 Å². The predicted molar refractivity (Wildman–Crippen MR) is 49.9 cm³/mol. The molecule has 0 fully saturated rings. The molecule has 0 bridgehead atoms. The number of hydrogen-bond acceptors (Lipinski definition) is 2. The van der Waals surface area contributed by atoms with Crippen LogP contribution in [0.1, 0.15) is 22.9 Å². The second kappa shape index (κ2) is 3.27. The van der Waals surface area contributed by atoms with E-state index < -0.39 is 0 Å². The molecule has 3 heteroatoms. The Hall–Kier alpha value is -1.20. The minimum Gasteiger partial charge on any atom is -0.493 e. The lowest BCUT2D eigenvalue weighted by atomic mass is 10.0. The minimum atomic E-state index is 0.0245. The van der Waals surface area contributed by atoms with Gasteiger partial charge in [0.2, 0.25) is 0 Å². The predicted octanol–water partition coefficient (Wildman–Crippen LogP) is 2.62. The monoisotopic (exact) mass is 193 g/mol. The maximum Gasteiger partial charge on any atom is 0.125 e. The van der Waals surface area contributed by atoms with Gasteiger partial charge in [-0.3, -0.25) is 0 Å². The number of benzene rings is 1. The molecule has 1 unspecified atom stereocenters. The lowest BCUT2D eigenvalue weighted by molar-refractivity contribution is 0.285. The van der Waals surface area contributed by atoms with Gasteiger partial charge in [0.25, 0.3) is 0 Å². The fourth-order valence-corrected chi connectivity index (χ4v) is 1.68. The number of nitriles is 1. The minimum absolute atomic E-state index is 0.0245. The van der Waals surface area contributed by atoms with Gasteiger partial charge < -0.3 is 4.74 Å². The fourth-order valence-electron chi connectivity index (χ4n) is 1.42. The zero-order valence-corrected chi connectivity index (χ0v) is 7.71. The van der Waals surface area contributed by atoms with Crippen LogP contribution in [-0.4, -0.2) is 6.61 Å². The summed E-state index contributed by atoms with van der Waals surface area (Å²) in [5, 5.41) is 8.69. The van der Waals surface area contributed by atoms with Crippen molar-refractivity contribution in [2.24, 2.45) is 0 Å². The number of hydrogen-bond donors (Lipinski definition) is 0. The lowest BCUT2D eigenvalue weighted by Gasteiger charge is -2.21. The highest BCUT2D eigenvalue weighted by molar-refractivity contribution is 6.21. The molecule has 0 saturated heterocycles. The molecule has 13 heavy (non-hydrogen) atoms. The fraction of sp³-hybridized carbons (Fsp3) is 0.300. The van der Waals surface area contributed by atoms with Gasteiger partial charge in [0, 0.05) is 12.0 Å². The molecule has 0 N–H and O–H groups in total. The third-order valence-electron chi connectivity index (χ3n) is 2.11. The van der Waals surface area contributed by atoms with E-state index in [0.29, 0.717) is 12.2 Å². The molecular formula is C10H8ClNO. The maximum atomic E-state index is 8.67. The molecule has 0 spiro atoms. The third kappa shape index (κ3) is 1.48. The molecule has 0 aromatic heterocycles. The van der Waals surface area contributed by atoms with E-state index in [9.17, 15) is 0 Å². The average Bonchev–Trinajstić information content (AvgIpc) is 2.18. The maximum absolute atomic E-state index is 8.67. The van der Waals surface area contributed by atoms with Crippen molar-refractivity contribution in [1.29, 1.82) is 5.26 Å². The van der Waals surface area contributed by atoms with Crippen LogP contribution in [0.25, 0.3) is 0 Å². The zero-order valence-electron chi connectivity index (χ0n) is 6.96. The Kier molecular flexibility index (Phi) is 2.12. The molecule has 1 aromatic rings. The van der Waals surface area contributed by atoms with Crippen LogP contribution in [0.4, 0.5) is 0 Å². The van der Waals surface area contributed by atoms with Crippen LogP contribution in [0.3, 0.4) is 0 Å². The Balaban J connectivity index is 2.47. The van der Waals surface area contributed by atoms with Crippen LogP contribution in [0.15, 0.2) is 18.2 Å². The van der Waals surface area contributed by atoms with Gasteiger partial charge >= 0.3 is 0 Å². The normalized spacial score (nSPS) is 19.8. The van der Waals surface area contributed by atoms with Crippen LogP contribution in [0.2, 0.25) is 0 Å². The number of halogens is 1. The van der Waals surface area contributed by atoms with E-state index in [1.165, 1.54) is 0 Å². The third-order valence-corrected chi connectivity index (χ3v) is 2.56. The van der Waals surface area contributed by atoms with Crippen LogP contribution < -0.4 is 4.74 Å². The first-order valence-electron chi connectivity index (χ1n) is 4.12. The van der Waals surface area contributed by atoms with E-state index in [2.05, 4.69) is 6.07 Å². The summed E-state index contributed by atoms with van der Waals surface area (Å²) in [6.45, 7) is 0.635. The number of ether oxygens (including phenoxy) is 1. The summed E-state index contributed by atoms with van der Waals surface area (Å²) in [6, 6.07) is 7.44. The highest BCUT2D eigenvalue weighted by Crippen LogP contribution is 2.36. The van der Waals surface area contributed by atoms with Crippen molar-refractivity contribution in [3.8, 4) is 11.8 Å². The number of nitrogens with zero attached hydrogens (tertiary/aromatic N) is 1. The van der Waals surface area contributed by atoms with Crippen molar-refractivity contribution < 1.29 is 4.74 Å². The van der Waals surface area contributed by atoms with E-state index in [4.69, 9.17) is 21.6 Å². The Labute approximate surface area is 81.7 Å². The van der Waals surface area contributed by atoms with Gasteiger partial charge in [-0.2, -0.15) is 5.26 Å². The van der Waals surface area contributed by atoms with Crippen molar-refractivity contribution in [2.75, 3.05) is 6.61 Å². The Morgan fingerprint density at radius 2 is 2.38 bits per heavy atom. The molecule has 0 aliphatic carbocycles. The summed E-state index contributed by atoms with van der Waals surface area (Å²) in [6.07, 6.45) is 0.834. The second-order valence-electron chi connectivity index (χ2n) is 2.97. The van der Waals surface area contributed by atoms with Crippen molar-refractivity contribution in [3.63, 3.8) is 0 Å². The van der Waals surface area contributed by atoms with E-state index in [1.54, 1.807) is 12.1 Å². The average molecular weight is 194 g/mol. The first-order chi connectivity index (χ1) is 6.31. The Bertz CT molecular complexity index is 370. The molecule has 1 aliphatic rings. The SMILES string of the molecule is N#Cc1ccc2c(c1)OCCC2Cl. The summed E-state index contributed by atoms with van der Waals surface area (Å²) in [5.74, 6) is 0.755. The van der Waals surface area contributed by atoms with Crippen LogP contribution in [0.5, 0.6) is 5.75 Å². The molecular weight excluding hydrogens is 186 g/mol. The number of fused-ring (bicyclic) bond motifs is 1. The van der Waals surface area contributed by atoms with Gasteiger partial charge in [0.1, 0.15) is 5.75 Å². The van der Waals surface area contributed by atoms with Crippen LogP contribution in [-0.2, 0) is 0 Å². The van der Waals surface area contributed by atoms with Crippen molar-refractivity contribution >= 4 is 11.6 Å². The molecule has 0 amide bonds. The summed E-state index contributed by atoms with van der Waals surface area (Å²) in [7, 11) is 0. The highest BCUT2D eigenvalue weighted by atomic mass is 35.5. The molecule has 1 heterocycles. The highest BCUT2D eigenvalue weighted by Gasteiger charge is 2.19. The molecule has 0 radical (unpaired) electrons. The molecule has 1 aliphatic heterocycles. The van der Waals surface area contributed by atoms with Gasteiger partial charge in [-0.25, -0.2) is 0 Å². The van der Waals surface area contributed by atoms with E-state index in [1.807, 2.05) is 6.07 Å². The molecule has 2 rings (SSSR count). The largest absolute Gasteiger partial charge is 0.493 e. The quantitative estimate of drug-likeness (QED) is 0.594. The molecule has 0 saturated carbocycles. The standard InChI is InChI=1S/C10H8ClNO/c11-9-3-4-13-10-5-7(6-12)1-2-8(9)10/h1-2,5,9H,3-4H2. The number of rotatable bonds is 0. The summed E-state index contributed by atoms with van der Waals surface area (Å²) in [4.78, 5) is 0. The van der Waals surface area contributed by atoms with Gasteiger partial charge in [-0.15, -0.1) is 11.6 Å². The van der Waals surface area contributed by atoms with Crippen molar-refractivity contribution in [1.82, 2.24) is 0 Å². The van der Waals surface area contributed by atoms with Crippen molar-refractivity contribution in [2.45, 2.75) is 11.8 Å². The number of alkyl halides is 1. The summed E-state index contributed by atoms with van der Waals surface area (Å²) in [5.41, 5.74) is 1.61. The molecule has 66 valence electrons. The van der Waals surface area contributed by atoms with Crippen LogP contribution >= 0.6 is 11.6 Å². The smallest absolute Gasteiger partial charge is 0.125 e. The Morgan fingerprint density at radius 3 is 3.15 bits per heavy atom. The summed E-state index contributed by atoms with van der Waals surface area (Å²) < 4.78 is 5.40. The first-order valence-corrected chi connectivity index (χ1v) is 4.56. The van der Waals surface area contributed by atoms with Gasteiger partial charge in [0.15, 0.2) is 0 Å². The second-order valence-corrected chi connectivity index (χ2v) is 3.50. The van der Waals surface area contributed by atoms with Gasteiger partial charge in [-0.1, -0.05) is 6.07 Å². The summed E-state index contributed by atoms with van der Waals surface area (Å²) >= 11 is 6.08. The van der Waals surface area contributed by atoms with E-state index >= 15 is 0 Å². The lowest BCUT2D eigenvalue weighted by Crippen LogP contribution is -2.10. The molecule has 2 nitrogen and oxygen atoms in total. The Morgan fingerprint density at radius 1 is 1.54 bits per heavy atom. The first kappa shape index (κ1) is 8.40. The van der Waals surface area contributed by atoms with E-state index in [-0.39, 0.29) is 5.38 Å². The topological polar surface area (TPSA) is 33.0 Å². The molecule has 1 aromatic carbocycles. The molecule has 1 atom stereocenters. The van der Waals surface area contributed by atoms with E-state index in [0.717, 1.165) is 17.7 Å². The van der Waals surface area contributed by atoms with Gasteiger partial charge in [0.05, 0.1) is 23.6 Å². The zero-order chi connectivity index (χ0) is 9.26.